The van der Waals surface area contributed by atoms with Gasteiger partial charge in [-0.05, 0) is 18.6 Å². The number of hydrogen-bond donors (Lipinski definition) is 4. The highest BCUT2D eigenvalue weighted by atomic mass is 16.6. The second-order valence-electron chi connectivity index (χ2n) is 7.50. The number of esters is 1. The molecule has 0 saturated carbocycles. The van der Waals surface area contributed by atoms with Gasteiger partial charge in [0.05, 0.1) is 11.6 Å². The third-order valence-corrected chi connectivity index (χ3v) is 5.64. The third kappa shape index (κ3) is 3.66. The van der Waals surface area contributed by atoms with Crippen molar-refractivity contribution in [1.29, 1.82) is 0 Å². The van der Waals surface area contributed by atoms with E-state index >= 15 is 0 Å². The standard InChI is InChI=1S/C21H23NO8/c23-16(11-4-2-1-3-5-11)14-7-6-13-12(8-9-22(13)14)20(27)29-10-15-17(24)18(25)19(26)21(28)30-15/h1-7,12,15,17-19,21,24-26,28H,8-10H2/t12-,15+,17-,18-,19+,21-/m0/s1. The number of aliphatic hydroxyl groups excluding tert-OH is 4. The van der Waals surface area contributed by atoms with E-state index in [1.807, 2.05) is 6.07 Å². The molecule has 2 aliphatic heterocycles. The van der Waals surface area contributed by atoms with Crippen LogP contribution in [0.3, 0.4) is 0 Å². The predicted molar refractivity (Wildman–Crippen MR) is 102 cm³/mol. The number of nitrogens with zero attached hydrogens (tertiary/aromatic N) is 1. The summed E-state index contributed by atoms with van der Waals surface area (Å²) in [4.78, 5) is 25.4. The monoisotopic (exact) mass is 417 g/mol. The first-order valence-corrected chi connectivity index (χ1v) is 9.72. The van der Waals surface area contributed by atoms with Gasteiger partial charge in [-0.2, -0.15) is 0 Å². The first-order chi connectivity index (χ1) is 14.4. The van der Waals surface area contributed by atoms with Crippen molar-refractivity contribution in [2.75, 3.05) is 6.61 Å². The molecule has 0 amide bonds. The summed E-state index contributed by atoms with van der Waals surface area (Å²) in [5.74, 6) is -1.27. The van der Waals surface area contributed by atoms with Gasteiger partial charge < -0.3 is 34.5 Å². The van der Waals surface area contributed by atoms with Gasteiger partial charge in [0, 0.05) is 17.8 Å². The molecule has 1 aromatic carbocycles. The average molecular weight is 417 g/mol. The minimum Gasteiger partial charge on any atom is -0.462 e. The van der Waals surface area contributed by atoms with Gasteiger partial charge in [-0.1, -0.05) is 30.3 Å². The summed E-state index contributed by atoms with van der Waals surface area (Å²) < 4.78 is 12.1. The first-order valence-electron chi connectivity index (χ1n) is 9.72. The Morgan fingerprint density at radius 1 is 1.00 bits per heavy atom. The zero-order valence-electron chi connectivity index (χ0n) is 16.0. The summed E-state index contributed by atoms with van der Waals surface area (Å²) >= 11 is 0. The summed E-state index contributed by atoms with van der Waals surface area (Å²) in [7, 11) is 0. The van der Waals surface area contributed by atoms with E-state index in [2.05, 4.69) is 0 Å². The van der Waals surface area contributed by atoms with Crippen LogP contribution in [0, 0.1) is 0 Å². The Labute approximate surface area is 172 Å². The number of hydrogen-bond acceptors (Lipinski definition) is 8. The largest absolute Gasteiger partial charge is 0.462 e. The molecule has 0 aliphatic carbocycles. The number of aromatic nitrogens is 1. The SMILES string of the molecule is O=C(c1ccccc1)c1ccc2n1CC[C@@H]2C(=O)OC[C@H]1O[C@H](O)[C@H](O)[C@@H](O)[C@H]1O. The van der Waals surface area contributed by atoms with Crippen LogP contribution >= 0.6 is 0 Å². The van der Waals surface area contributed by atoms with Crippen LogP contribution in [0.25, 0.3) is 0 Å². The molecule has 4 rings (SSSR count). The number of aliphatic hydroxyl groups is 4. The lowest BCUT2D eigenvalue weighted by atomic mass is 9.99. The molecule has 0 spiro atoms. The molecule has 0 bridgehead atoms. The molecule has 4 N–H and O–H groups in total. The maximum Gasteiger partial charge on any atom is 0.315 e. The average Bonchev–Trinajstić information content (AvgIpc) is 3.36. The lowest BCUT2D eigenvalue weighted by Crippen LogP contribution is -2.58. The molecule has 6 atom stereocenters. The fourth-order valence-corrected chi connectivity index (χ4v) is 3.95. The maximum absolute atomic E-state index is 12.8. The van der Waals surface area contributed by atoms with Crippen molar-refractivity contribution in [3.8, 4) is 0 Å². The molecule has 9 heteroatoms. The molecule has 1 fully saturated rings. The Hall–Kier alpha value is -2.56. The number of rotatable bonds is 5. The molecule has 9 nitrogen and oxygen atoms in total. The van der Waals surface area contributed by atoms with Gasteiger partial charge in [-0.3, -0.25) is 9.59 Å². The van der Waals surface area contributed by atoms with Gasteiger partial charge in [0.1, 0.15) is 31.0 Å². The quantitative estimate of drug-likeness (QED) is 0.379. The van der Waals surface area contributed by atoms with Gasteiger partial charge in [0.25, 0.3) is 0 Å². The van der Waals surface area contributed by atoms with Crippen LogP contribution in [-0.2, 0) is 20.8 Å². The second-order valence-corrected chi connectivity index (χ2v) is 7.50. The predicted octanol–water partition coefficient (Wildman–Crippen LogP) is -0.451. The minimum atomic E-state index is -1.69. The summed E-state index contributed by atoms with van der Waals surface area (Å²) in [5, 5.41) is 38.8. The molecule has 2 aromatic rings. The second kappa shape index (κ2) is 8.29. The normalized spacial score (nSPS) is 30.7. The van der Waals surface area contributed by atoms with Crippen LogP contribution < -0.4 is 0 Å². The number of ether oxygens (including phenoxy) is 2. The van der Waals surface area contributed by atoms with E-state index in [1.54, 1.807) is 41.0 Å². The van der Waals surface area contributed by atoms with Crippen molar-refractivity contribution in [3.05, 3.63) is 59.4 Å². The topological polar surface area (TPSA) is 138 Å². The minimum absolute atomic E-state index is 0.129. The van der Waals surface area contributed by atoms with E-state index in [0.29, 0.717) is 29.9 Å². The van der Waals surface area contributed by atoms with E-state index in [-0.39, 0.29) is 5.78 Å². The smallest absolute Gasteiger partial charge is 0.315 e. The van der Waals surface area contributed by atoms with Gasteiger partial charge >= 0.3 is 5.97 Å². The zero-order chi connectivity index (χ0) is 21.4. The van der Waals surface area contributed by atoms with Crippen molar-refractivity contribution in [3.63, 3.8) is 0 Å². The molecule has 1 aromatic heterocycles. The number of fused-ring (bicyclic) bond motifs is 1. The number of benzene rings is 1. The van der Waals surface area contributed by atoms with Crippen LogP contribution in [0.5, 0.6) is 0 Å². The molecule has 1 saturated heterocycles. The summed E-state index contributed by atoms with van der Waals surface area (Å²) in [6, 6.07) is 12.3. The summed E-state index contributed by atoms with van der Waals surface area (Å²) in [6.07, 6.45) is -7.19. The van der Waals surface area contributed by atoms with Crippen molar-refractivity contribution < 1.29 is 39.5 Å². The van der Waals surface area contributed by atoms with Crippen molar-refractivity contribution in [1.82, 2.24) is 4.57 Å². The molecule has 160 valence electrons. The Morgan fingerprint density at radius 3 is 2.47 bits per heavy atom. The highest BCUT2D eigenvalue weighted by Gasteiger charge is 2.44. The van der Waals surface area contributed by atoms with E-state index in [9.17, 15) is 30.0 Å². The molecular weight excluding hydrogens is 394 g/mol. The summed E-state index contributed by atoms with van der Waals surface area (Å²) in [5.41, 5.74) is 1.73. The lowest BCUT2D eigenvalue weighted by molar-refractivity contribution is -0.287. The van der Waals surface area contributed by atoms with E-state index < -0.39 is 49.2 Å². The van der Waals surface area contributed by atoms with Gasteiger partial charge in [-0.15, -0.1) is 0 Å². The zero-order valence-corrected chi connectivity index (χ0v) is 16.0. The molecule has 3 heterocycles. The molecule has 0 radical (unpaired) electrons. The van der Waals surface area contributed by atoms with Crippen molar-refractivity contribution in [2.45, 2.75) is 49.6 Å². The Bertz CT molecular complexity index is 926. The number of carbonyl (C=O) groups excluding carboxylic acids is 2. The molecule has 0 unspecified atom stereocenters. The summed E-state index contributed by atoms with van der Waals surface area (Å²) in [6.45, 7) is 0.0933. The Kier molecular flexibility index (Phi) is 5.72. The van der Waals surface area contributed by atoms with E-state index in [1.165, 1.54) is 0 Å². The fourth-order valence-electron chi connectivity index (χ4n) is 3.95. The maximum atomic E-state index is 12.8. The van der Waals surface area contributed by atoms with Gasteiger partial charge in [0.2, 0.25) is 5.78 Å². The Balaban J connectivity index is 1.42. The van der Waals surface area contributed by atoms with E-state index in [4.69, 9.17) is 9.47 Å². The lowest BCUT2D eigenvalue weighted by Gasteiger charge is -2.37. The number of carbonyl (C=O) groups is 2. The molecular formula is C21H23NO8. The van der Waals surface area contributed by atoms with Crippen LogP contribution in [0.2, 0.25) is 0 Å². The van der Waals surface area contributed by atoms with Gasteiger partial charge in [0.15, 0.2) is 6.29 Å². The molecule has 2 aliphatic rings. The third-order valence-electron chi connectivity index (χ3n) is 5.64. The van der Waals surface area contributed by atoms with Crippen LogP contribution in [0.15, 0.2) is 42.5 Å². The van der Waals surface area contributed by atoms with E-state index in [0.717, 1.165) is 0 Å². The van der Waals surface area contributed by atoms with Crippen LogP contribution in [-0.4, -0.2) is 74.1 Å². The van der Waals surface area contributed by atoms with Crippen molar-refractivity contribution >= 4 is 11.8 Å². The van der Waals surface area contributed by atoms with Crippen molar-refractivity contribution in [2.24, 2.45) is 0 Å². The number of ketones is 1. The highest BCUT2D eigenvalue weighted by molar-refractivity contribution is 6.08. The molecule has 30 heavy (non-hydrogen) atoms. The van der Waals surface area contributed by atoms with Gasteiger partial charge in [-0.25, -0.2) is 0 Å². The van der Waals surface area contributed by atoms with Crippen LogP contribution in [0.1, 0.15) is 34.1 Å². The van der Waals surface area contributed by atoms with Crippen LogP contribution in [0.4, 0.5) is 0 Å². The Morgan fingerprint density at radius 2 is 1.73 bits per heavy atom. The fraction of sp³-hybridized carbons (Fsp3) is 0.429. The first kappa shape index (κ1) is 20.7. The highest BCUT2D eigenvalue weighted by Crippen LogP contribution is 2.32.